The average molecular weight is 281 g/mol. The molecule has 1 aromatic heterocycles. The zero-order valence-electron chi connectivity index (χ0n) is 12.9. The van der Waals surface area contributed by atoms with E-state index in [1.54, 1.807) is 7.11 Å². The Morgan fingerprint density at radius 2 is 2.10 bits per heavy atom. The van der Waals surface area contributed by atoms with Gasteiger partial charge in [0.05, 0.1) is 18.7 Å². The van der Waals surface area contributed by atoms with E-state index in [1.807, 2.05) is 4.68 Å². The Labute approximate surface area is 121 Å². The molecule has 0 saturated heterocycles. The molecule has 1 N–H and O–H groups in total. The monoisotopic (exact) mass is 281 g/mol. The molecule has 1 atom stereocenters. The van der Waals surface area contributed by atoms with Crippen molar-refractivity contribution in [3.05, 3.63) is 5.82 Å². The molecule has 6 heteroatoms. The third-order valence-electron chi connectivity index (χ3n) is 4.40. The van der Waals surface area contributed by atoms with Gasteiger partial charge in [-0.2, -0.15) is 0 Å². The van der Waals surface area contributed by atoms with E-state index in [0.29, 0.717) is 12.6 Å². The minimum absolute atomic E-state index is 0.157. The number of methoxy groups -OCH3 is 1. The van der Waals surface area contributed by atoms with E-state index in [9.17, 15) is 0 Å². The highest BCUT2D eigenvalue weighted by Gasteiger charge is 2.25. The molecule has 20 heavy (non-hydrogen) atoms. The van der Waals surface area contributed by atoms with Crippen molar-refractivity contribution in [2.45, 2.75) is 58.0 Å². The van der Waals surface area contributed by atoms with Gasteiger partial charge in [0.15, 0.2) is 5.82 Å². The van der Waals surface area contributed by atoms with Gasteiger partial charge < -0.3 is 10.1 Å². The first-order valence-corrected chi connectivity index (χ1v) is 7.76. The van der Waals surface area contributed by atoms with Crippen LogP contribution in [-0.2, 0) is 4.74 Å². The van der Waals surface area contributed by atoms with Crippen LogP contribution in [0.2, 0.25) is 0 Å². The fourth-order valence-corrected chi connectivity index (χ4v) is 3.01. The van der Waals surface area contributed by atoms with E-state index >= 15 is 0 Å². The highest BCUT2D eigenvalue weighted by molar-refractivity contribution is 4.93. The largest absolute Gasteiger partial charge is 0.383 e. The minimum Gasteiger partial charge on any atom is -0.383 e. The van der Waals surface area contributed by atoms with Crippen LogP contribution in [0.4, 0.5) is 0 Å². The van der Waals surface area contributed by atoms with Crippen molar-refractivity contribution in [3.8, 4) is 0 Å². The summed E-state index contributed by atoms with van der Waals surface area (Å²) in [6, 6.07) is 0.624. The molecule has 0 amide bonds. The van der Waals surface area contributed by atoms with Crippen molar-refractivity contribution in [1.82, 2.24) is 25.5 Å². The molecule has 114 valence electrons. The van der Waals surface area contributed by atoms with Crippen LogP contribution in [0, 0.1) is 5.92 Å². The molecule has 1 aliphatic rings. The van der Waals surface area contributed by atoms with Crippen LogP contribution in [-0.4, -0.2) is 40.5 Å². The second kappa shape index (κ2) is 7.69. The number of rotatable bonds is 7. The van der Waals surface area contributed by atoms with E-state index < -0.39 is 0 Å². The molecule has 6 nitrogen and oxygen atoms in total. The van der Waals surface area contributed by atoms with Crippen molar-refractivity contribution in [2.24, 2.45) is 5.92 Å². The zero-order valence-corrected chi connectivity index (χ0v) is 12.9. The molecular formula is C14H27N5O. The molecular weight excluding hydrogens is 254 g/mol. The molecule has 2 rings (SSSR count). The van der Waals surface area contributed by atoms with Crippen molar-refractivity contribution >= 4 is 0 Å². The van der Waals surface area contributed by atoms with E-state index in [4.69, 9.17) is 4.74 Å². The summed E-state index contributed by atoms with van der Waals surface area (Å²) in [6.07, 6.45) is 6.28. The van der Waals surface area contributed by atoms with Gasteiger partial charge in [0.1, 0.15) is 0 Å². The molecule has 1 fully saturated rings. The smallest absolute Gasteiger partial charge is 0.168 e. The lowest BCUT2D eigenvalue weighted by atomic mass is 9.84. The SMILES string of the molecule is CCC1CCC(n2nnnc2C(C)NCCOC)CC1. The lowest BCUT2D eigenvalue weighted by molar-refractivity contribution is 0.194. The molecule has 1 saturated carbocycles. The maximum atomic E-state index is 5.06. The third-order valence-corrected chi connectivity index (χ3v) is 4.40. The van der Waals surface area contributed by atoms with Crippen molar-refractivity contribution < 1.29 is 4.74 Å². The zero-order chi connectivity index (χ0) is 14.4. The first-order valence-electron chi connectivity index (χ1n) is 7.76. The molecule has 0 radical (unpaired) electrons. The number of aromatic nitrogens is 4. The standard InChI is InChI=1S/C14H27N5O/c1-4-12-5-7-13(8-6-12)19-14(16-17-18-19)11(2)15-9-10-20-3/h11-13,15H,4-10H2,1-3H3. The summed E-state index contributed by atoms with van der Waals surface area (Å²) >= 11 is 0. The number of tetrazole rings is 1. The molecule has 1 heterocycles. The van der Waals surface area contributed by atoms with E-state index in [2.05, 4.69) is 34.7 Å². The predicted molar refractivity (Wildman–Crippen MR) is 77.4 cm³/mol. The maximum absolute atomic E-state index is 5.06. The Balaban J connectivity index is 1.94. The van der Waals surface area contributed by atoms with Crippen LogP contribution < -0.4 is 5.32 Å². The minimum atomic E-state index is 0.157. The highest BCUT2D eigenvalue weighted by atomic mass is 16.5. The number of ether oxygens (including phenoxy) is 1. The van der Waals surface area contributed by atoms with Gasteiger partial charge in [0.2, 0.25) is 0 Å². The summed E-state index contributed by atoms with van der Waals surface area (Å²) in [5.41, 5.74) is 0. The summed E-state index contributed by atoms with van der Waals surface area (Å²) in [5, 5.41) is 15.7. The lowest BCUT2D eigenvalue weighted by Gasteiger charge is -2.28. The van der Waals surface area contributed by atoms with Gasteiger partial charge in [0.25, 0.3) is 0 Å². The number of nitrogens with one attached hydrogen (secondary N) is 1. The third kappa shape index (κ3) is 3.76. The Kier molecular flexibility index (Phi) is 5.91. The predicted octanol–water partition coefficient (Wildman–Crippen LogP) is 2.11. The Morgan fingerprint density at radius 1 is 1.35 bits per heavy atom. The van der Waals surface area contributed by atoms with Gasteiger partial charge in [-0.25, -0.2) is 4.68 Å². The normalized spacial score (nSPS) is 24.8. The molecule has 0 bridgehead atoms. The quantitative estimate of drug-likeness (QED) is 0.775. The van der Waals surface area contributed by atoms with Crippen LogP contribution in [0.3, 0.4) is 0 Å². The van der Waals surface area contributed by atoms with Gasteiger partial charge in [-0.05, 0) is 49.0 Å². The molecule has 0 aromatic carbocycles. The molecule has 1 aliphatic carbocycles. The van der Waals surface area contributed by atoms with Crippen LogP contribution in [0.5, 0.6) is 0 Å². The fourth-order valence-electron chi connectivity index (χ4n) is 3.01. The second-order valence-corrected chi connectivity index (χ2v) is 5.73. The van der Waals surface area contributed by atoms with Crippen molar-refractivity contribution in [1.29, 1.82) is 0 Å². The summed E-state index contributed by atoms with van der Waals surface area (Å²) < 4.78 is 7.10. The van der Waals surface area contributed by atoms with E-state index in [0.717, 1.165) is 18.3 Å². The Hall–Kier alpha value is -1.01. The van der Waals surface area contributed by atoms with Gasteiger partial charge in [-0.1, -0.05) is 13.3 Å². The van der Waals surface area contributed by atoms with E-state index in [1.165, 1.54) is 32.1 Å². The first-order chi connectivity index (χ1) is 9.76. The van der Waals surface area contributed by atoms with Gasteiger partial charge in [0, 0.05) is 13.7 Å². The summed E-state index contributed by atoms with van der Waals surface area (Å²) in [6.45, 7) is 5.91. The van der Waals surface area contributed by atoms with Crippen LogP contribution >= 0.6 is 0 Å². The molecule has 0 aliphatic heterocycles. The van der Waals surface area contributed by atoms with Gasteiger partial charge in [-0.15, -0.1) is 5.10 Å². The number of hydrogen-bond donors (Lipinski definition) is 1. The fraction of sp³-hybridized carbons (Fsp3) is 0.929. The topological polar surface area (TPSA) is 64.9 Å². The van der Waals surface area contributed by atoms with Crippen LogP contribution in [0.15, 0.2) is 0 Å². The van der Waals surface area contributed by atoms with Crippen LogP contribution in [0.25, 0.3) is 0 Å². The Bertz CT molecular complexity index is 387. The lowest BCUT2D eigenvalue weighted by Crippen LogP contribution is -2.28. The summed E-state index contributed by atoms with van der Waals surface area (Å²) in [7, 11) is 1.71. The summed E-state index contributed by atoms with van der Waals surface area (Å²) in [4.78, 5) is 0. The maximum Gasteiger partial charge on any atom is 0.168 e. The molecule has 1 aromatic rings. The highest BCUT2D eigenvalue weighted by Crippen LogP contribution is 2.34. The van der Waals surface area contributed by atoms with Crippen molar-refractivity contribution in [3.63, 3.8) is 0 Å². The number of nitrogens with zero attached hydrogens (tertiary/aromatic N) is 4. The molecule has 1 unspecified atom stereocenters. The van der Waals surface area contributed by atoms with Gasteiger partial charge in [-0.3, -0.25) is 0 Å². The van der Waals surface area contributed by atoms with Crippen LogP contribution in [0.1, 0.15) is 63.9 Å². The van der Waals surface area contributed by atoms with E-state index in [-0.39, 0.29) is 6.04 Å². The molecule has 0 spiro atoms. The summed E-state index contributed by atoms with van der Waals surface area (Å²) in [5.74, 6) is 1.84. The number of hydrogen-bond acceptors (Lipinski definition) is 5. The first kappa shape index (κ1) is 15.4. The van der Waals surface area contributed by atoms with Gasteiger partial charge >= 0.3 is 0 Å². The van der Waals surface area contributed by atoms with Crippen molar-refractivity contribution in [2.75, 3.05) is 20.3 Å². The Morgan fingerprint density at radius 3 is 2.75 bits per heavy atom. The average Bonchev–Trinajstić information content (AvgIpc) is 2.97. The second-order valence-electron chi connectivity index (χ2n) is 5.73.